The predicted molar refractivity (Wildman–Crippen MR) is 85.7 cm³/mol. The van der Waals surface area contributed by atoms with Crippen LogP contribution in [0.1, 0.15) is 37.0 Å². The molecule has 2 rings (SSSR count). The van der Waals surface area contributed by atoms with Crippen molar-refractivity contribution in [2.24, 2.45) is 5.92 Å². The third kappa shape index (κ3) is 4.17. The van der Waals surface area contributed by atoms with Gasteiger partial charge in [0, 0.05) is 32.0 Å². The first-order chi connectivity index (χ1) is 10.2. The highest BCUT2D eigenvalue weighted by Crippen LogP contribution is 2.22. The minimum Gasteiger partial charge on any atom is -0.339 e. The molecule has 5 heteroatoms. The lowest BCUT2D eigenvalue weighted by molar-refractivity contribution is 0.0669. The molecule has 0 radical (unpaired) electrons. The zero-order chi connectivity index (χ0) is 15.2. The van der Waals surface area contributed by atoms with E-state index in [1.54, 1.807) is 12.3 Å². The van der Waals surface area contributed by atoms with Gasteiger partial charge in [-0.1, -0.05) is 25.4 Å². The van der Waals surface area contributed by atoms with Crippen LogP contribution in [0.2, 0.25) is 5.02 Å². The van der Waals surface area contributed by atoms with E-state index in [2.05, 4.69) is 23.7 Å². The van der Waals surface area contributed by atoms with E-state index in [1.165, 1.54) is 6.20 Å². The molecule has 21 heavy (non-hydrogen) atoms. The highest BCUT2D eigenvalue weighted by Gasteiger charge is 2.25. The number of hydrogen-bond acceptors (Lipinski definition) is 3. The van der Waals surface area contributed by atoms with Crippen molar-refractivity contribution < 1.29 is 4.79 Å². The quantitative estimate of drug-likeness (QED) is 0.839. The minimum atomic E-state index is 0.0312. The first-order valence-electron chi connectivity index (χ1n) is 7.76. The maximum absolute atomic E-state index is 12.5. The Labute approximate surface area is 132 Å². The Morgan fingerprint density at radius 2 is 2.05 bits per heavy atom. The van der Waals surface area contributed by atoms with E-state index in [0.717, 1.165) is 45.6 Å². The molecule has 1 aliphatic rings. The van der Waals surface area contributed by atoms with E-state index >= 15 is 0 Å². The standard InChI is InChI=1S/C16H24ClN3O/c1-3-19(4-2)12-13-6-9-20(10-7-13)16(21)14-5-8-18-11-15(14)17/h5,8,11,13H,3-4,6-7,9-10,12H2,1-2H3. The molecular formula is C16H24ClN3O. The molecule has 1 fully saturated rings. The topological polar surface area (TPSA) is 36.4 Å². The van der Waals surface area contributed by atoms with Gasteiger partial charge in [-0.3, -0.25) is 9.78 Å². The van der Waals surface area contributed by atoms with Gasteiger partial charge in [-0.25, -0.2) is 0 Å². The van der Waals surface area contributed by atoms with E-state index in [4.69, 9.17) is 11.6 Å². The van der Waals surface area contributed by atoms with E-state index in [1.807, 2.05) is 4.90 Å². The van der Waals surface area contributed by atoms with E-state index < -0.39 is 0 Å². The summed E-state index contributed by atoms with van der Waals surface area (Å²) >= 11 is 6.06. The van der Waals surface area contributed by atoms with Gasteiger partial charge in [-0.2, -0.15) is 0 Å². The monoisotopic (exact) mass is 309 g/mol. The molecule has 1 aliphatic heterocycles. The zero-order valence-electron chi connectivity index (χ0n) is 12.9. The number of halogens is 1. The number of piperidine rings is 1. The van der Waals surface area contributed by atoms with Crippen molar-refractivity contribution in [1.29, 1.82) is 0 Å². The number of hydrogen-bond donors (Lipinski definition) is 0. The van der Waals surface area contributed by atoms with Gasteiger partial charge in [-0.05, 0) is 37.9 Å². The summed E-state index contributed by atoms with van der Waals surface area (Å²) in [5.74, 6) is 0.727. The highest BCUT2D eigenvalue weighted by molar-refractivity contribution is 6.33. The molecule has 0 saturated carbocycles. The fourth-order valence-corrected chi connectivity index (χ4v) is 3.08. The summed E-state index contributed by atoms with van der Waals surface area (Å²) in [6.07, 6.45) is 5.30. The molecule has 0 N–H and O–H groups in total. The summed E-state index contributed by atoms with van der Waals surface area (Å²) in [6.45, 7) is 9.39. The number of carbonyl (C=O) groups excluding carboxylic acids is 1. The molecule has 1 aromatic rings. The van der Waals surface area contributed by atoms with E-state index in [9.17, 15) is 4.79 Å². The number of amides is 1. The van der Waals surface area contributed by atoms with Crippen molar-refractivity contribution in [3.8, 4) is 0 Å². The van der Waals surface area contributed by atoms with Crippen LogP contribution in [0.25, 0.3) is 0 Å². The van der Waals surface area contributed by atoms with Crippen molar-refractivity contribution >= 4 is 17.5 Å². The smallest absolute Gasteiger partial charge is 0.255 e. The Morgan fingerprint density at radius 3 is 2.62 bits per heavy atom. The second-order valence-corrected chi connectivity index (χ2v) is 5.98. The minimum absolute atomic E-state index is 0.0312. The van der Waals surface area contributed by atoms with Crippen LogP contribution in [0.5, 0.6) is 0 Å². The van der Waals surface area contributed by atoms with Gasteiger partial charge >= 0.3 is 0 Å². The van der Waals surface area contributed by atoms with Crippen LogP contribution >= 0.6 is 11.6 Å². The molecule has 116 valence electrons. The Kier molecular flexibility index (Phi) is 6.00. The van der Waals surface area contributed by atoms with Gasteiger partial charge in [0.25, 0.3) is 5.91 Å². The van der Waals surface area contributed by atoms with E-state index in [0.29, 0.717) is 16.5 Å². The van der Waals surface area contributed by atoms with Crippen molar-refractivity contribution in [2.75, 3.05) is 32.7 Å². The number of nitrogens with zero attached hydrogens (tertiary/aromatic N) is 3. The normalized spacial score (nSPS) is 16.5. The van der Waals surface area contributed by atoms with Gasteiger partial charge < -0.3 is 9.80 Å². The molecule has 1 amide bonds. The predicted octanol–water partition coefficient (Wildman–Crippen LogP) is 2.93. The zero-order valence-corrected chi connectivity index (χ0v) is 13.6. The first-order valence-corrected chi connectivity index (χ1v) is 8.14. The van der Waals surface area contributed by atoms with Crippen molar-refractivity contribution in [3.05, 3.63) is 29.0 Å². The lowest BCUT2D eigenvalue weighted by Crippen LogP contribution is -2.41. The fraction of sp³-hybridized carbons (Fsp3) is 0.625. The summed E-state index contributed by atoms with van der Waals surface area (Å²) < 4.78 is 0. The molecule has 1 saturated heterocycles. The van der Waals surface area contributed by atoms with Gasteiger partial charge in [0.2, 0.25) is 0 Å². The van der Waals surface area contributed by atoms with Crippen LogP contribution in [-0.4, -0.2) is 53.4 Å². The molecule has 0 unspecified atom stereocenters. The summed E-state index contributed by atoms with van der Waals surface area (Å²) in [6, 6.07) is 1.70. The third-order valence-corrected chi connectivity index (χ3v) is 4.62. The number of likely N-dealkylation sites (tertiary alicyclic amines) is 1. The van der Waals surface area contributed by atoms with Gasteiger partial charge in [0.15, 0.2) is 0 Å². The Hall–Kier alpha value is -1.13. The molecular weight excluding hydrogens is 286 g/mol. The molecule has 4 nitrogen and oxygen atoms in total. The number of rotatable bonds is 5. The van der Waals surface area contributed by atoms with Crippen LogP contribution in [0, 0.1) is 5.92 Å². The molecule has 2 heterocycles. The Balaban J connectivity index is 1.89. The summed E-state index contributed by atoms with van der Waals surface area (Å²) in [7, 11) is 0. The van der Waals surface area contributed by atoms with Crippen LogP contribution < -0.4 is 0 Å². The van der Waals surface area contributed by atoms with Gasteiger partial charge in [0.1, 0.15) is 0 Å². The molecule has 0 atom stereocenters. The SMILES string of the molecule is CCN(CC)CC1CCN(C(=O)c2ccncc2Cl)CC1. The van der Waals surface area contributed by atoms with Gasteiger partial charge in [-0.15, -0.1) is 0 Å². The van der Waals surface area contributed by atoms with Gasteiger partial charge in [0.05, 0.1) is 10.6 Å². The number of pyridine rings is 1. The van der Waals surface area contributed by atoms with Crippen LogP contribution in [0.3, 0.4) is 0 Å². The van der Waals surface area contributed by atoms with Crippen LogP contribution in [-0.2, 0) is 0 Å². The highest BCUT2D eigenvalue weighted by atomic mass is 35.5. The largest absolute Gasteiger partial charge is 0.339 e. The Bertz CT molecular complexity index is 468. The molecule has 0 aromatic carbocycles. The summed E-state index contributed by atoms with van der Waals surface area (Å²) in [4.78, 5) is 20.8. The van der Waals surface area contributed by atoms with Crippen molar-refractivity contribution in [2.45, 2.75) is 26.7 Å². The Morgan fingerprint density at radius 1 is 1.38 bits per heavy atom. The lowest BCUT2D eigenvalue weighted by Gasteiger charge is -2.34. The molecule has 0 spiro atoms. The molecule has 0 bridgehead atoms. The second-order valence-electron chi connectivity index (χ2n) is 5.58. The van der Waals surface area contributed by atoms with Crippen molar-refractivity contribution in [3.63, 3.8) is 0 Å². The number of aromatic nitrogens is 1. The number of carbonyl (C=O) groups is 1. The third-order valence-electron chi connectivity index (χ3n) is 4.32. The average molecular weight is 310 g/mol. The summed E-state index contributed by atoms with van der Waals surface area (Å²) in [5, 5.41) is 0.438. The van der Waals surface area contributed by atoms with Crippen molar-refractivity contribution in [1.82, 2.24) is 14.8 Å². The average Bonchev–Trinajstić information content (AvgIpc) is 2.53. The maximum atomic E-state index is 12.5. The lowest BCUT2D eigenvalue weighted by atomic mass is 9.95. The molecule has 0 aliphatic carbocycles. The summed E-state index contributed by atoms with van der Waals surface area (Å²) in [5.41, 5.74) is 0.564. The van der Waals surface area contributed by atoms with E-state index in [-0.39, 0.29) is 5.91 Å². The first kappa shape index (κ1) is 16.2. The van der Waals surface area contributed by atoms with Crippen LogP contribution in [0.4, 0.5) is 0 Å². The fourth-order valence-electron chi connectivity index (χ4n) is 2.88. The molecule has 1 aromatic heterocycles. The second kappa shape index (κ2) is 7.76. The van der Waals surface area contributed by atoms with Crippen LogP contribution in [0.15, 0.2) is 18.5 Å². The maximum Gasteiger partial charge on any atom is 0.255 e.